The summed E-state index contributed by atoms with van der Waals surface area (Å²) in [5, 5.41) is 0. The van der Waals surface area contributed by atoms with Gasteiger partial charge in [-0.1, -0.05) is 49.0 Å². The van der Waals surface area contributed by atoms with Crippen LogP contribution in [-0.4, -0.2) is 32.8 Å². The monoisotopic (exact) mass is 406 g/mol. The predicted molar refractivity (Wildman–Crippen MR) is 116 cm³/mol. The average Bonchev–Trinajstić information content (AvgIpc) is 2.77. The molecule has 0 aromatic heterocycles. The molecule has 0 fully saturated rings. The zero-order valence-corrected chi connectivity index (χ0v) is 17.3. The summed E-state index contributed by atoms with van der Waals surface area (Å²) in [5.41, 5.74) is 7.29. The van der Waals surface area contributed by atoms with Crippen LogP contribution < -0.4 is 20.3 Å². The van der Waals surface area contributed by atoms with Crippen LogP contribution in [0.25, 0.3) is 0 Å². The van der Waals surface area contributed by atoms with Gasteiger partial charge in [0.1, 0.15) is 19.8 Å². The van der Waals surface area contributed by atoms with E-state index in [4.69, 9.17) is 14.2 Å². The first-order chi connectivity index (χ1) is 14.7. The second kappa shape index (κ2) is 13.7. The maximum absolute atomic E-state index is 11.8. The van der Waals surface area contributed by atoms with Gasteiger partial charge >= 0.3 is 0 Å². The van der Waals surface area contributed by atoms with Gasteiger partial charge in [-0.3, -0.25) is 10.2 Å². The molecule has 0 saturated carbocycles. The number of carbonyl (C=O) groups excluding carboxylic acids is 1. The van der Waals surface area contributed by atoms with Crippen molar-refractivity contribution in [2.45, 2.75) is 19.9 Å². The molecular weight excluding hydrogens is 380 g/mol. The summed E-state index contributed by atoms with van der Waals surface area (Å²) in [5.74, 6) is 12.7. The molecule has 0 aliphatic rings. The highest BCUT2D eigenvalue weighted by atomic mass is 16.5. The normalized spacial score (nSPS) is 9.53. The number of rotatable bonds is 9. The lowest BCUT2D eigenvalue weighted by molar-refractivity contribution is -0.126. The van der Waals surface area contributed by atoms with Crippen molar-refractivity contribution in [2.24, 2.45) is 0 Å². The number of benzene rings is 2. The topological polar surface area (TPSA) is 68.8 Å². The van der Waals surface area contributed by atoms with Gasteiger partial charge in [-0.25, -0.2) is 5.43 Å². The van der Waals surface area contributed by atoms with Crippen LogP contribution in [0, 0.1) is 23.7 Å². The smallest absolute Gasteiger partial charge is 0.260 e. The molecule has 6 heteroatoms. The van der Waals surface area contributed by atoms with Crippen LogP contribution in [0.5, 0.6) is 11.5 Å². The second-order valence-electron chi connectivity index (χ2n) is 6.04. The number of carbonyl (C=O) groups is 1. The Labute approximate surface area is 177 Å². The Hall–Kier alpha value is -3.45. The summed E-state index contributed by atoms with van der Waals surface area (Å²) in [6.07, 6.45) is 0.795. The molecule has 156 valence electrons. The first-order valence-electron chi connectivity index (χ1n) is 9.61. The minimum atomic E-state index is -0.280. The van der Waals surface area contributed by atoms with Crippen molar-refractivity contribution in [3.63, 3.8) is 0 Å². The molecule has 2 aromatic rings. The number of hydrazine groups is 1. The third kappa shape index (κ3) is 8.70. The van der Waals surface area contributed by atoms with E-state index in [0.29, 0.717) is 24.7 Å². The fourth-order valence-corrected chi connectivity index (χ4v) is 2.37. The molecule has 0 saturated heterocycles. The number of nitrogens with one attached hydrogen (secondary N) is 2. The zero-order valence-electron chi connectivity index (χ0n) is 17.3. The quantitative estimate of drug-likeness (QED) is 0.381. The van der Waals surface area contributed by atoms with Crippen LogP contribution in [-0.2, 0) is 16.1 Å². The molecule has 0 bridgehead atoms. The van der Waals surface area contributed by atoms with Crippen molar-refractivity contribution in [2.75, 3.05) is 26.9 Å². The van der Waals surface area contributed by atoms with E-state index in [1.807, 2.05) is 55.5 Å². The molecule has 0 radical (unpaired) electrons. The first-order valence-corrected chi connectivity index (χ1v) is 9.61. The van der Waals surface area contributed by atoms with Crippen molar-refractivity contribution in [3.05, 3.63) is 59.7 Å². The minimum absolute atomic E-state index is 0.0780. The van der Waals surface area contributed by atoms with Gasteiger partial charge in [0.2, 0.25) is 0 Å². The van der Waals surface area contributed by atoms with Crippen molar-refractivity contribution < 1.29 is 19.0 Å². The fourth-order valence-electron chi connectivity index (χ4n) is 2.37. The molecule has 2 aromatic carbocycles. The highest BCUT2D eigenvalue weighted by Gasteiger charge is 2.06. The molecule has 0 unspecified atom stereocenters. The van der Waals surface area contributed by atoms with Crippen molar-refractivity contribution in [3.8, 4) is 35.2 Å². The van der Waals surface area contributed by atoms with Crippen LogP contribution in [0.3, 0.4) is 0 Å². The van der Waals surface area contributed by atoms with E-state index >= 15 is 0 Å². The first kappa shape index (κ1) is 22.8. The molecular formula is C24H26N2O4. The Balaban J connectivity index is 1.68. The molecule has 2 N–H and O–H groups in total. The van der Waals surface area contributed by atoms with E-state index in [1.165, 1.54) is 0 Å². The molecule has 0 aliphatic carbocycles. The Kier molecular flexibility index (Phi) is 10.4. The van der Waals surface area contributed by atoms with E-state index in [9.17, 15) is 4.79 Å². The number of methoxy groups -OCH3 is 1. The number of hydrogen-bond donors (Lipinski definition) is 2. The van der Waals surface area contributed by atoms with E-state index in [-0.39, 0.29) is 19.1 Å². The van der Waals surface area contributed by atoms with Gasteiger partial charge in [-0.05, 0) is 29.8 Å². The third-order valence-corrected chi connectivity index (χ3v) is 3.76. The van der Waals surface area contributed by atoms with Crippen molar-refractivity contribution in [1.29, 1.82) is 0 Å². The van der Waals surface area contributed by atoms with Crippen LogP contribution in [0.4, 0.5) is 0 Å². The predicted octanol–water partition coefficient (Wildman–Crippen LogP) is 2.68. The van der Waals surface area contributed by atoms with Crippen LogP contribution in [0.15, 0.2) is 48.5 Å². The molecule has 0 spiro atoms. The standard InChI is InChI=1S/C24H26N2O4/c1-3-4-8-16-30-22-14-13-21(17-23(22)28-2)18-25-26-24(27)19-29-15-9-12-20-10-6-5-7-11-20/h5-7,10-11,13-14,17,25H,3,15-16,18-19H2,1-2H3,(H,26,27). The maximum atomic E-state index is 11.8. The Morgan fingerprint density at radius 3 is 2.60 bits per heavy atom. The van der Waals surface area contributed by atoms with Crippen molar-refractivity contribution >= 4 is 5.91 Å². The van der Waals surface area contributed by atoms with Gasteiger partial charge in [0.15, 0.2) is 11.5 Å². The molecule has 0 aliphatic heterocycles. The van der Waals surface area contributed by atoms with E-state index < -0.39 is 0 Å². The van der Waals surface area contributed by atoms with E-state index in [2.05, 4.69) is 34.5 Å². The van der Waals surface area contributed by atoms with Gasteiger partial charge in [0.25, 0.3) is 5.91 Å². The van der Waals surface area contributed by atoms with Crippen LogP contribution >= 0.6 is 0 Å². The molecule has 2 rings (SSSR count). The van der Waals surface area contributed by atoms with Crippen LogP contribution in [0.2, 0.25) is 0 Å². The summed E-state index contributed by atoms with van der Waals surface area (Å²) in [4.78, 5) is 11.8. The van der Waals surface area contributed by atoms with Crippen LogP contribution in [0.1, 0.15) is 24.5 Å². The lowest BCUT2D eigenvalue weighted by Crippen LogP contribution is -2.39. The van der Waals surface area contributed by atoms with Gasteiger partial charge < -0.3 is 14.2 Å². The van der Waals surface area contributed by atoms with Gasteiger partial charge in [-0.2, -0.15) is 0 Å². The molecule has 0 atom stereocenters. The number of amides is 1. The highest BCUT2D eigenvalue weighted by Crippen LogP contribution is 2.27. The number of hydrogen-bond acceptors (Lipinski definition) is 5. The Bertz CT molecular complexity index is 921. The zero-order chi connectivity index (χ0) is 21.4. The summed E-state index contributed by atoms with van der Waals surface area (Å²) in [6, 6.07) is 15.2. The van der Waals surface area contributed by atoms with E-state index in [0.717, 1.165) is 17.5 Å². The summed E-state index contributed by atoms with van der Waals surface area (Å²) in [6.45, 7) is 2.83. The van der Waals surface area contributed by atoms with E-state index in [1.54, 1.807) is 7.11 Å². The fraction of sp³-hybridized carbons (Fsp3) is 0.292. The summed E-state index contributed by atoms with van der Waals surface area (Å²) < 4.78 is 16.2. The lowest BCUT2D eigenvalue weighted by atomic mass is 10.2. The molecule has 1 amide bonds. The summed E-state index contributed by atoms with van der Waals surface area (Å²) in [7, 11) is 1.58. The third-order valence-electron chi connectivity index (χ3n) is 3.76. The second-order valence-corrected chi connectivity index (χ2v) is 6.04. The SMILES string of the molecule is CCC#CCOc1ccc(CNNC(=O)COCC#Cc2ccccc2)cc1OC. The summed E-state index contributed by atoms with van der Waals surface area (Å²) >= 11 is 0. The van der Waals surface area contributed by atoms with Crippen molar-refractivity contribution in [1.82, 2.24) is 10.9 Å². The Morgan fingerprint density at radius 1 is 1.00 bits per heavy atom. The maximum Gasteiger partial charge on any atom is 0.260 e. The van der Waals surface area contributed by atoms with Gasteiger partial charge in [0, 0.05) is 18.5 Å². The van der Waals surface area contributed by atoms with Gasteiger partial charge in [0.05, 0.1) is 7.11 Å². The highest BCUT2D eigenvalue weighted by molar-refractivity contribution is 5.76. The Morgan fingerprint density at radius 2 is 1.83 bits per heavy atom. The number of ether oxygens (including phenoxy) is 3. The molecule has 30 heavy (non-hydrogen) atoms. The average molecular weight is 406 g/mol. The molecule has 6 nitrogen and oxygen atoms in total. The minimum Gasteiger partial charge on any atom is -0.493 e. The molecule has 0 heterocycles. The lowest BCUT2D eigenvalue weighted by Gasteiger charge is -2.11. The van der Waals surface area contributed by atoms with Gasteiger partial charge in [-0.15, -0.1) is 5.92 Å². The largest absolute Gasteiger partial charge is 0.493 e.